The number of ether oxygens (including phenoxy) is 1. The van der Waals surface area contributed by atoms with Gasteiger partial charge in [0.2, 0.25) is 0 Å². The second-order valence-corrected chi connectivity index (χ2v) is 6.90. The van der Waals surface area contributed by atoms with Crippen LogP contribution in [-0.4, -0.2) is 40.3 Å². The fraction of sp³-hybridized carbons (Fsp3) is 0.571. The lowest BCUT2D eigenvalue weighted by atomic mass is 9.91. The third kappa shape index (κ3) is 3.42. The van der Waals surface area contributed by atoms with Gasteiger partial charge in [0.25, 0.3) is 0 Å². The molecule has 0 spiro atoms. The lowest BCUT2D eigenvalue weighted by Gasteiger charge is -2.47. The molecule has 6 nitrogen and oxygen atoms in total. The topological polar surface area (TPSA) is 92.9 Å². The molecule has 0 saturated carbocycles. The zero-order chi connectivity index (χ0) is 15.8. The van der Waals surface area contributed by atoms with Crippen LogP contribution in [0.25, 0.3) is 0 Å². The highest BCUT2D eigenvalue weighted by atomic mass is 32.1. The highest BCUT2D eigenvalue weighted by molar-refractivity contribution is 7.08. The Balaban J connectivity index is 2.05. The van der Waals surface area contributed by atoms with Crippen LogP contribution in [0.5, 0.6) is 0 Å². The van der Waals surface area contributed by atoms with Crippen molar-refractivity contribution >= 4 is 23.3 Å². The summed E-state index contributed by atoms with van der Waals surface area (Å²) >= 11 is 1.43. The van der Waals surface area contributed by atoms with Crippen LogP contribution in [0.15, 0.2) is 16.8 Å². The third-order valence-corrected chi connectivity index (χ3v) is 4.04. The average Bonchev–Trinajstić information content (AvgIpc) is 2.83. The molecule has 3 atom stereocenters. The molecule has 0 amide bonds. The molecule has 1 aromatic rings. The Labute approximate surface area is 127 Å². The first-order chi connectivity index (χ1) is 9.70. The highest BCUT2D eigenvalue weighted by Crippen LogP contribution is 2.34. The van der Waals surface area contributed by atoms with Crippen LogP contribution < -0.4 is 5.73 Å². The van der Waals surface area contributed by atoms with Gasteiger partial charge in [-0.05, 0) is 43.2 Å². The van der Waals surface area contributed by atoms with Crippen molar-refractivity contribution in [1.29, 1.82) is 0 Å². The van der Waals surface area contributed by atoms with Gasteiger partial charge in [0, 0.05) is 6.54 Å². The van der Waals surface area contributed by atoms with Gasteiger partial charge in [-0.25, -0.2) is 0 Å². The zero-order valence-electron chi connectivity index (χ0n) is 12.3. The molecule has 0 radical (unpaired) electrons. The molecule has 3 N–H and O–H groups in total. The molecular formula is C14H20N2O4S. The minimum Gasteiger partial charge on any atom is -0.480 e. The molecule has 1 aliphatic heterocycles. The van der Waals surface area contributed by atoms with Crippen molar-refractivity contribution < 1.29 is 19.4 Å². The number of aliphatic carboxylic acids is 1. The van der Waals surface area contributed by atoms with E-state index in [1.165, 1.54) is 11.3 Å². The summed E-state index contributed by atoms with van der Waals surface area (Å²) in [6, 6.07) is 0.946. The number of hydrogen-bond acceptors (Lipinski definition) is 6. The van der Waals surface area contributed by atoms with Crippen molar-refractivity contribution in [3.05, 3.63) is 22.4 Å². The van der Waals surface area contributed by atoms with E-state index in [0.717, 1.165) is 0 Å². The van der Waals surface area contributed by atoms with E-state index in [2.05, 4.69) is 0 Å². The summed E-state index contributed by atoms with van der Waals surface area (Å²) in [6.45, 7) is 5.66. The molecule has 0 unspecified atom stereocenters. The summed E-state index contributed by atoms with van der Waals surface area (Å²) in [7, 11) is 0. The minimum absolute atomic E-state index is 0.295. The number of carbonyl (C=O) groups is 2. The fourth-order valence-corrected chi connectivity index (χ4v) is 3.00. The Hall–Kier alpha value is -1.44. The number of carboxylic acids is 1. The quantitative estimate of drug-likeness (QED) is 0.817. The van der Waals surface area contributed by atoms with E-state index in [1.54, 1.807) is 37.1 Å². The van der Waals surface area contributed by atoms with Crippen LogP contribution in [0.1, 0.15) is 32.4 Å². The summed E-state index contributed by atoms with van der Waals surface area (Å²) in [5.74, 6) is -1.82. The first-order valence-corrected chi connectivity index (χ1v) is 7.64. The smallest absolute Gasteiger partial charge is 0.325 e. The molecule has 21 heavy (non-hydrogen) atoms. The second-order valence-electron chi connectivity index (χ2n) is 6.12. The summed E-state index contributed by atoms with van der Waals surface area (Å²) in [6.07, 6.45) is -0.638. The maximum Gasteiger partial charge on any atom is 0.325 e. The molecule has 116 valence electrons. The summed E-state index contributed by atoms with van der Waals surface area (Å²) < 4.78 is 5.30. The normalized spacial score (nSPS) is 24.2. The fourth-order valence-electron chi connectivity index (χ4n) is 2.33. The van der Waals surface area contributed by atoms with Gasteiger partial charge in [0.1, 0.15) is 11.6 Å². The van der Waals surface area contributed by atoms with Crippen molar-refractivity contribution in [2.75, 3.05) is 6.54 Å². The van der Waals surface area contributed by atoms with E-state index in [1.807, 2.05) is 5.38 Å². The van der Waals surface area contributed by atoms with Gasteiger partial charge in [0.15, 0.2) is 0 Å². The van der Waals surface area contributed by atoms with Crippen LogP contribution in [0.4, 0.5) is 0 Å². The van der Waals surface area contributed by atoms with Crippen molar-refractivity contribution in [1.82, 2.24) is 4.90 Å². The number of hydrogen-bond donors (Lipinski definition) is 2. The summed E-state index contributed by atoms with van der Waals surface area (Å²) in [4.78, 5) is 25.1. The molecule has 0 bridgehead atoms. The molecule has 1 saturated heterocycles. The van der Waals surface area contributed by atoms with Crippen molar-refractivity contribution in [2.45, 2.75) is 38.6 Å². The van der Waals surface area contributed by atoms with Crippen LogP contribution in [0.2, 0.25) is 0 Å². The van der Waals surface area contributed by atoms with Gasteiger partial charge in [-0.2, -0.15) is 11.3 Å². The van der Waals surface area contributed by atoms with E-state index >= 15 is 0 Å². The van der Waals surface area contributed by atoms with Crippen LogP contribution >= 0.6 is 11.3 Å². The van der Waals surface area contributed by atoms with Crippen molar-refractivity contribution in [3.63, 3.8) is 0 Å². The Morgan fingerprint density at radius 3 is 2.62 bits per heavy atom. The van der Waals surface area contributed by atoms with E-state index in [0.29, 0.717) is 12.1 Å². The number of carboxylic acid groups (broad SMARTS) is 1. The Morgan fingerprint density at radius 2 is 2.19 bits per heavy atom. The number of thiophene rings is 1. The standard InChI is InChI=1S/C14H20N2O4S/c1-14(2,3)20-13(19)9-6-16(11(9)15)10(12(17)18)8-4-5-21-7-8/h4-5,7,9-11H,6,15H2,1-3H3,(H,17,18)/t9-,10+,11+/m1/s1. The highest BCUT2D eigenvalue weighted by Gasteiger charge is 2.48. The van der Waals surface area contributed by atoms with Gasteiger partial charge in [-0.15, -0.1) is 0 Å². The molecule has 2 rings (SSSR count). The van der Waals surface area contributed by atoms with Crippen molar-refractivity contribution in [3.8, 4) is 0 Å². The third-order valence-electron chi connectivity index (χ3n) is 3.34. The molecule has 0 aliphatic carbocycles. The molecule has 7 heteroatoms. The lowest BCUT2D eigenvalue weighted by Crippen LogP contribution is -2.66. The van der Waals surface area contributed by atoms with Gasteiger partial charge in [0.05, 0.1) is 12.1 Å². The first-order valence-electron chi connectivity index (χ1n) is 6.70. The molecule has 1 fully saturated rings. The van der Waals surface area contributed by atoms with Crippen LogP contribution in [0.3, 0.4) is 0 Å². The second kappa shape index (κ2) is 5.75. The molecule has 0 aromatic carbocycles. The van der Waals surface area contributed by atoms with Gasteiger partial charge in [-0.1, -0.05) is 0 Å². The molecule has 1 aromatic heterocycles. The van der Waals surface area contributed by atoms with Crippen LogP contribution in [0, 0.1) is 5.92 Å². The minimum atomic E-state index is -0.966. The van der Waals surface area contributed by atoms with E-state index in [4.69, 9.17) is 10.5 Å². The van der Waals surface area contributed by atoms with Crippen LogP contribution in [-0.2, 0) is 14.3 Å². The Morgan fingerprint density at radius 1 is 1.52 bits per heavy atom. The van der Waals surface area contributed by atoms with Crippen molar-refractivity contribution in [2.24, 2.45) is 11.7 Å². The SMILES string of the molecule is CC(C)(C)OC(=O)[C@@H]1CN([C@H](C(=O)O)c2ccsc2)[C@@H]1N. The zero-order valence-corrected chi connectivity index (χ0v) is 13.1. The largest absolute Gasteiger partial charge is 0.480 e. The van der Waals surface area contributed by atoms with E-state index in [-0.39, 0.29) is 5.97 Å². The molecule has 2 heterocycles. The molecular weight excluding hydrogens is 292 g/mol. The number of rotatable bonds is 4. The number of esters is 1. The summed E-state index contributed by atoms with van der Waals surface area (Å²) in [5.41, 5.74) is 6.11. The van der Waals surface area contributed by atoms with Gasteiger partial charge >= 0.3 is 11.9 Å². The predicted molar refractivity (Wildman–Crippen MR) is 78.7 cm³/mol. The Kier molecular flexibility index (Phi) is 4.36. The Bertz CT molecular complexity index is 524. The van der Waals surface area contributed by atoms with Gasteiger partial charge in [-0.3, -0.25) is 14.5 Å². The monoisotopic (exact) mass is 312 g/mol. The van der Waals surface area contributed by atoms with E-state index < -0.39 is 29.7 Å². The maximum atomic E-state index is 12.0. The number of likely N-dealkylation sites (tertiary alicyclic amines) is 1. The number of nitrogens with zero attached hydrogens (tertiary/aromatic N) is 1. The van der Waals surface area contributed by atoms with Gasteiger partial charge < -0.3 is 15.6 Å². The number of carbonyl (C=O) groups excluding carboxylic acids is 1. The lowest BCUT2D eigenvalue weighted by molar-refractivity contribution is -0.176. The maximum absolute atomic E-state index is 12.0. The number of nitrogens with two attached hydrogens (primary N) is 1. The predicted octanol–water partition coefficient (Wildman–Crippen LogP) is 1.43. The first kappa shape index (κ1) is 15.9. The van der Waals surface area contributed by atoms with E-state index in [9.17, 15) is 14.7 Å². The average molecular weight is 312 g/mol. The molecule has 1 aliphatic rings. The summed E-state index contributed by atoms with van der Waals surface area (Å²) in [5, 5.41) is 13.0.